The smallest absolute Gasteiger partial charge is 0.0431 e. The molecule has 2 aromatic carbocycles. The molecule has 0 atom stereocenters. The Balaban J connectivity index is 1.87. The van der Waals surface area contributed by atoms with E-state index >= 15 is 0 Å². The summed E-state index contributed by atoms with van der Waals surface area (Å²) in [5.41, 5.74) is 5.77. The van der Waals surface area contributed by atoms with Crippen molar-refractivity contribution in [3.63, 3.8) is 0 Å². The maximum Gasteiger partial charge on any atom is 0.0431 e. The second-order valence-corrected chi connectivity index (χ2v) is 5.30. The van der Waals surface area contributed by atoms with E-state index in [1.165, 1.54) is 35.1 Å². The van der Waals surface area contributed by atoms with E-state index in [1.807, 2.05) is 0 Å². The van der Waals surface area contributed by atoms with Crippen LogP contribution in [0.5, 0.6) is 0 Å². The Labute approximate surface area is 114 Å². The monoisotopic (exact) mass is 252 g/mol. The molecule has 0 saturated carbocycles. The minimum Gasteiger partial charge on any atom is -0.396 e. The Morgan fingerprint density at radius 3 is 1.89 bits per heavy atom. The first-order valence-electron chi connectivity index (χ1n) is 7.21. The van der Waals surface area contributed by atoms with Crippen LogP contribution in [0.2, 0.25) is 0 Å². The standard InChI is InChI=1S/C18H20O/c19-13-7-1-2-8-14-15-9-3-5-11-17(15)18-12-6-4-10-16(14)18/h3-6,9-12,14,19H,1-2,7-8,13H2. The molecule has 1 nitrogen and oxygen atoms in total. The third kappa shape index (κ3) is 2.31. The van der Waals surface area contributed by atoms with Crippen LogP contribution in [-0.4, -0.2) is 11.7 Å². The van der Waals surface area contributed by atoms with Crippen LogP contribution in [0.3, 0.4) is 0 Å². The molecule has 3 rings (SSSR count). The number of aliphatic hydroxyl groups is 1. The van der Waals surface area contributed by atoms with Crippen LogP contribution in [0.1, 0.15) is 42.7 Å². The van der Waals surface area contributed by atoms with Crippen molar-refractivity contribution >= 4 is 0 Å². The highest BCUT2D eigenvalue weighted by Gasteiger charge is 2.26. The second-order valence-electron chi connectivity index (χ2n) is 5.30. The second kappa shape index (κ2) is 5.58. The lowest BCUT2D eigenvalue weighted by atomic mass is 9.91. The van der Waals surface area contributed by atoms with Gasteiger partial charge in [-0.15, -0.1) is 0 Å². The van der Waals surface area contributed by atoms with Gasteiger partial charge in [0.1, 0.15) is 0 Å². The largest absolute Gasteiger partial charge is 0.396 e. The summed E-state index contributed by atoms with van der Waals surface area (Å²) in [5.74, 6) is 0.547. The van der Waals surface area contributed by atoms with Gasteiger partial charge in [-0.2, -0.15) is 0 Å². The lowest BCUT2D eigenvalue weighted by Gasteiger charge is -2.13. The molecule has 98 valence electrons. The van der Waals surface area contributed by atoms with Gasteiger partial charge in [-0.3, -0.25) is 0 Å². The first-order valence-corrected chi connectivity index (χ1v) is 7.21. The first-order chi connectivity index (χ1) is 9.42. The summed E-state index contributed by atoms with van der Waals surface area (Å²) >= 11 is 0. The summed E-state index contributed by atoms with van der Waals surface area (Å²) in [5, 5.41) is 8.87. The molecule has 0 aromatic heterocycles. The fraction of sp³-hybridized carbons (Fsp3) is 0.333. The predicted molar refractivity (Wildman–Crippen MR) is 79.3 cm³/mol. The average Bonchev–Trinajstić information content (AvgIpc) is 2.78. The van der Waals surface area contributed by atoms with Gasteiger partial charge in [0.05, 0.1) is 0 Å². The maximum absolute atomic E-state index is 8.87. The third-order valence-electron chi connectivity index (χ3n) is 4.11. The number of unbranched alkanes of at least 4 members (excludes halogenated alkanes) is 2. The Morgan fingerprint density at radius 2 is 1.32 bits per heavy atom. The summed E-state index contributed by atoms with van der Waals surface area (Å²) in [6.45, 7) is 0.317. The van der Waals surface area contributed by atoms with E-state index < -0.39 is 0 Å². The summed E-state index contributed by atoms with van der Waals surface area (Å²) in [6.07, 6.45) is 4.43. The number of hydrogen-bond donors (Lipinski definition) is 1. The molecule has 0 amide bonds. The van der Waals surface area contributed by atoms with E-state index in [0.29, 0.717) is 12.5 Å². The Morgan fingerprint density at radius 1 is 0.737 bits per heavy atom. The third-order valence-corrected chi connectivity index (χ3v) is 4.11. The number of aliphatic hydroxyl groups excluding tert-OH is 1. The minimum absolute atomic E-state index is 0.317. The van der Waals surface area contributed by atoms with Crippen LogP contribution in [0.4, 0.5) is 0 Å². The Kier molecular flexibility index (Phi) is 3.65. The zero-order valence-electron chi connectivity index (χ0n) is 11.2. The van der Waals surface area contributed by atoms with Gasteiger partial charge in [0, 0.05) is 12.5 Å². The van der Waals surface area contributed by atoms with Crippen LogP contribution in [0.15, 0.2) is 48.5 Å². The molecule has 0 unspecified atom stereocenters. The highest BCUT2D eigenvalue weighted by atomic mass is 16.2. The van der Waals surface area contributed by atoms with Crippen molar-refractivity contribution in [3.05, 3.63) is 59.7 Å². The highest BCUT2D eigenvalue weighted by molar-refractivity contribution is 5.78. The molecular formula is C18H20O. The SMILES string of the molecule is OCCCCCC1c2ccccc2-c2ccccc21. The minimum atomic E-state index is 0.317. The molecule has 0 bridgehead atoms. The van der Waals surface area contributed by atoms with Crippen LogP contribution in [0, 0.1) is 0 Å². The molecule has 2 aromatic rings. The van der Waals surface area contributed by atoms with Gasteiger partial charge in [0.25, 0.3) is 0 Å². The van der Waals surface area contributed by atoms with Crippen LogP contribution in [0.25, 0.3) is 11.1 Å². The molecule has 1 aliphatic carbocycles. The van der Waals surface area contributed by atoms with Gasteiger partial charge in [-0.25, -0.2) is 0 Å². The van der Waals surface area contributed by atoms with Gasteiger partial charge in [-0.1, -0.05) is 61.4 Å². The number of hydrogen-bond acceptors (Lipinski definition) is 1. The van der Waals surface area contributed by atoms with Crippen molar-refractivity contribution in [2.45, 2.75) is 31.6 Å². The first kappa shape index (κ1) is 12.4. The fourth-order valence-electron chi connectivity index (χ4n) is 3.21. The van der Waals surface area contributed by atoms with Crippen molar-refractivity contribution in [2.75, 3.05) is 6.61 Å². The summed E-state index contributed by atoms with van der Waals surface area (Å²) in [4.78, 5) is 0. The Hall–Kier alpha value is -1.60. The van der Waals surface area contributed by atoms with E-state index in [2.05, 4.69) is 48.5 Å². The zero-order chi connectivity index (χ0) is 13.1. The van der Waals surface area contributed by atoms with Crippen molar-refractivity contribution in [1.82, 2.24) is 0 Å². The van der Waals surface area contributed by atoms with Gasteiger partial charge >= 0.3 is 0 Å². The average molecular weight is 252 g/mol. The van der Waals surface area contributed by atoms with Crippen molar-refractivity contribution in [2.24, 2.45) is 0 Å². The van der Waals surface area contributed by atoms with Gasteiger partial charge in [0.2, 0.25) is 0 Å². The number of rotatable bonds is 5. The molecule has 1 heteroatoms. The lowest BCUT2D eigenvalue weighted by molar-refractivity contribution is 0.282. The summed E-state index contributed by atoms with van der Waals surface area (Å²) in [6, 6.07) is 17.6. The molecule has 0 radical (unpaired) electrons. The molecule has 0 heterocycles. The van der Waals surface area contributed by atoms with E-state index in [-0.39, 0.29) is 0 Å². The molecule has 1 N–H and O–H groups in total. The topological polar surface area (TPSA) is 20.2 Å². The van der Waals surface area contributed by atoms with Crippen molar-refractivity contribution < 1.29 is 5.11 Å². The molecule has 19 heavy (non-hydrogen) atoms. The van der Waals surface area contributed by atoms with E-state index in [0.717, 1.165) is 12.8 Å². The maximum atomic E-state index is 8.87. The van der Waals surface area contributed by atoms with Crippen molar-refractivity contribution in [3.8, 4) is 11.1 Å². The van der Waals surface area contributed by atoms with E-state index in [4.69, 9.17) is 5.11 Å². The number of fused-ring (bicyclic) bond motifs is 3. The van der Waals surface area contributed by atoms with E-state index in [9.17, 15) is 0 Å². The summed E-state index contributed by atoms with van der Waals surface area (Å²) in [7, 11) is 0. The van der Waals surface area contributed by atoms with Gasteiger partial charge in [-0.05, 0) is 35.1 Å². The quantitative estimate of drug-likeness (QED) is 0.784. The molecule has 0 fully saturated rings. The van der Waals surface area contributed by atoms with Crippen LogP contribution in [-0.2, 0) is 0 Å². The van der Waals surface area contributed by atoms with Gasteiger partial charge in [0.15, 0.2) is 0 Å². The van der Waals surface area contributed by atoms with Crippen LogP contribution >= 0.6 is 0 Å². The normalized spacial score (nSPS) is 13.3. The van der Waals surface area contributed by atoms with Crippen LogP contribution < -0.4 is 0 Å². The number of benzene rings is 2. The van der Waals surface area contributed by atoms with E-state index in [1.54, 1.807) is 0 Å². The molecule has 0 saturated heterocycles. The lowest BCUT2D eigenvalue weighted by Crippen LogP contribution is -1.97. The summed E-state index contributed by atoms with van der Waals surface area (Å²) < 4.78 is 0. The Bertz CT molecular complexity index is 514. The molecule has 1 aliphatic rings. The predicted octanol–water partition coefficient (Wildman–Crippen LogP) is 4.35. The highest BCUT2D eigenvalue weighted by Crippen LogP contribution is 2.46. The molecular weight excluding hydrogens is 232 g/mol. The van der Waals surface area contributed by atoms with Gasteiger partial charge < -0.3 is 5.11 Å². The van der Waals surface area contributed by atoms with Crippen molar-refractivity contribution in [1.29, 1.82) is 0 Å². The fourth-order valence-corrected chi connectivity index (χ4v) is 3.21. The zero-order valence-corrected chi connectivity index (χ0v) is 11.2. The molecule has 0 spiro atoms. The molecule has 0 aliphatic heterocycles.